The van der Waals surface area contributed by atoms with Crippen molar-refractivity contribution in [2.45, 2.75) is 26.4 Å². The van der Waals surface area contributed by atoms with Gasteiger partial charge in [0.2, 0.25) is 11.8 Å². The average molecular weight is 282 g/mol. The Labute approximate surface area is 114 Å². The molecule has 0 saturated carbocycles. The van der Waals surface area contributed by atoms with Crippen LogP contribution in [0, 0.1) is 0 Å². The summed E-state index contributed by atoms with van der Waals surface area (Å²) in [5, 5.41) is 10.6. The highest BCUT2D eigenvalue weighted by Gasteiger charge is 2.38. The van der Waals surface area contributed by atoms with E-state index in [0.717, 1.165) is 0 Å². The normalized spacial score (nSPS) is 25.9. The molecule has 0 aromatic carbocycles. The van der Waals surface area contributed by atoms with E-state index in [1.807, 2.05) is 13.8 Å². The third kappa shape index (κ3) is 2.62. The maximum Gasteiger partial charge on any atom is 0.254 e. The molecule has 2 aliphatic rings. The first-order chi connectivity index (χ1) is 8.81. The van der Waals surface area contributed by atoms with Gasteiger partial charge in [-0.3, -0.25) is 9.59 Å². The molecule has 0 aliphatic carbocycles. The molecule has 2 heterocycles. The van der Waals surface area contributed by atoms with Crippen molar-refractivity contribution in [1.82, 2.24) is 5.32 Å². The number of carbonyl (C=O) groups is 2. The van der Waals surface area contributed by atoms with Crippen molar-refractivity contribution in [2.75, 3.05) is 5.75 Å². The van der Waals surface area contributed by atoms with Crippen LogP contribution in [0.25, 0.3) is 0 Å². The fourth-order valence-corrected chi connectivity index (χ4v) is 2.29. The maximum absolute atomic E-state index is 11.4. The van der Waals surface area contributed by atoms with E-state index in [-0.39, 0.29) is 17.4 Å². The Kier molecular flexibility index (Phi) is 3.36. The monoisotopic (exact) mass is 282 g/mol. The smallest absolute Gasteiger partial charge is 0.254 e. The lowest BCUT2D eigenvalue weighted by Gasteiger charge is -2.19. The topological polar surface area (TPSA) is 106 Å². The Balaban J connectivity index is 2.30. The number of nitrogens with one attached hydrogen (secondary N) is 1. The number of carbonyl (C=O) groups excluding carboxylic acids is 2. The van der Waals surface area contributed by atoms with Gasteiger partial charge in [-0.15, -0.1) is 10.2 Å². The molecule has 0 aromatic rings. The average Bonchev–Trinajstić information content (AvgIpc) is 2.79. The van der Waals surface area contributed by atoms with Gasteiger partial charge in [-0.25, -0.2) is 0 Å². The first-order valence-corrected chi connectivity index (χ1v) is 6.58. The lowest BCUT2D eigenvalue weighted by Crippen LogP contribution is -2.22. The van der Waals surface area contributed by atoms with E-state index < -0.39 is 11.5 Å². The molecule has 0 atom stereocenters. The minimum Gasteiger partial charge on any atom is -0.465 e. The molecule has 0 radical (unpaired) electrons. The molecule has 1 fully saturated rings. The van der Waals surface area contributed by atoms with Crippen molar-refractivity contribution < 1.29 is 14.3 Å². The number of hydrogen-bond acceptors (Lipinski definition) is 6. The lowest BCUT2D eigenvalue weighted by molar-refractivity contribution is -0.117. The molecular formula is C11H14N4O3S. The van der Waals surface area contributed by atoms with Gasteiger partial charge in [0.05, 0.1) is 5.75 Å². The Hall–Kier alpha value is -1.83. The van der Waals surface area contributed by atoms with Gasteiger partial charge in [-0.2, -0.15) is 0 Å². The molecule has 8 heteroatoms. The largest absolute Gasteiger partial charge is 0.465 e. The van der Waals surface area contributed by atoms with Gasteiger partial charge < -0.3 is 15.8 Å². The van der Waals surface area contributed by atoms with Crippen molar-refractivity contribution in [1.29, 1.82) is 0 Å². The van der Waals surface area contributed by atoms with E-state index in [9.17, 15) is 9.59 Å². The van der Waals surface area contributed by atoms with Gasteiger partial charge in [0.1, 0.15) is 11.2 Å². The fraction of sp³-hybridized carbons (Fsp3) is 0.455. The Morgan fingerprint density at radius 3 is 2.68 bits per heavy atom. The van der Waals surface area contributed by atoms with Crippen molar-refractivity contribution >= 4 is 34.6 Å². The summed E-state index contributed by atoms with van der Waals surface area (Å²) < 4.78 is 5.57. The predicted octanol–water partition coefficient (Wildman–Crippen LogP) is 0.129. The van der Waals surface area contributed by atoms with E-state index in [4.69, 9.17) is 10.5 Å². The van der Waals surface area contributed by atoms with E-state index >= 15 is 0 Å². The summed E-state index contributed by atoms with van der Waals surface area (Å²) in [6.07, 6.45) is 0. The van der Waals surface area contributed by atoms with Crippen LogP contribution in [0.3, 0.4) is 0 Å². The quantitative estimate of drug-likeness (QED) is 0.702. The molecule has 0 unspecified atom stereocenters. The van der Waals surface area contributed by atoms with Crippen molar-refractivity contribution in [2.24, 2.45) is 15.9 Å². The first-order valence-electron chi connectivity index (χ1n) is 5.60. The number of nitrogens with zero attached hydrogens (tertiary/aromatic N) is 2. The zero-order valence-electron chi connectivity index (χ0n) is 10.8. The van der Waals surface area contributed by atoms with Crippen LogP contribution in [-0.2, 0) is 14.3 Å². The highest BCUT2D eigenvalue weighted by atomic mass is 32.2. The van der Waals surface area contributed by atoms with Crippen LogP contribution >= 0.6 is 11.8 Å². The van der Waals surface area contributed by atoms with Gasteiger partial charge in [-0.1, -0.05) is 11.8 Å². The highest BCUT2D eigenvalue weighted by Crippen LogP contribution is 2.32. The van der Waals surface area contributed by atoms with E-state index in [1.165, 1.54) is 11.8 Å². The minimum absolute atomic E-state index is 0.0873. The Morgan fingerprint density at radius 1 is 1.47 bits per heavy atom. The van der Waals surface area contributed by atoms with Crippen LogP contribution in [0.5, 0.6) is 0 Å². The maximum atomic E-state index is 11.4. The summed E-state index contributed by atoms with van der Waals surface area (Å²) >= 11 is 1.24. The molecule has 3 N–H and O–H groups in total. The van der Waals surface area contributed by atoms with Crippen molar-refractivity contribution in [3.63, 3.8) is 0 Å². The predicted molar refractivity (Wildman–Crippen MR) is 72.5 cm³/mol. The van der Waals surface area contributed by atoms with Crippen LogP contribution < -0.4 is 11.1 Å². The lowest BCUT2D eigenvalue weighted by atomic mass is 9.97. The van der Waals surface area contributed by atoms with Gasteiger partial charge in [0, 0.05) is 0 Å². The van der Waals surface area contributed by atoms with Gasteiger partial charge in [0.25, 0.3) is 5.91 Å². The van der Waals surface area contributed by atoms with E-state index in [1.54, 1.807) is 6.92 Å². The first kappa shape index (κ1) is 13.6. The molecule has 102 valence electrons. The summed E-state index contributed by atoms with van der Waals surface area (Å²) in [5.41, 5.74) is 5.63. The third-order valence-corrected chi connectivity index (χ3v) is 3.77. The van der Waals surface area contributed by atoms with Crippen molar-refractivity contribution in [3.05, 3.63) is 11.1 Å². The number of nitrogens with two attached hydrogens (primary N) is 1. The molecule has 0 aromatic heterocycles. The number of ether oxygens (including phenoxy) is 1. The number of amidine groups is 1. The zero-order chi connectivity index (χ0) is 14.2. The second kappa shape index (κ2) is 4.69. The summed E-state index contributed by atoms with van der Waals surface area (Å²) in [4.78, 5) is 22.4. The Bertz CT molecular complexity index is 548. The summed E-state index contributed by atoms with van der Waals surface area (Å²) in [7, 11) is 0. The molecule has 1 saturated heterocycles. The molecular weight excluding hydrogens is 268 g/mol. The molecule has 0 spiro atoms. The van der Waals surface area contributed by atoms with Crippen LogP contribution in [0.4, 0.5) is 0 Å². The van der Waals surface area contributed by atoms with Gasteiger partial charge in [0.15, 0.2) is 5.17 Å². The third-order valence-electron chi connectivity index (χ3n) is 2.91. The van der Waals surface area contributed by atoms with Crippen LogP contribution in [0.2, 0.25) is 0 Å². The fourth-order valence-electron chi connectivity index (χ4n) is 1.66. The van der Waals surface area contributed by atoms with Crippen LogP contribution in [0.15, 0.2) is 21.3 Å². The SMILES string of the molecule is CC1=C(C(N)=O)C(=NN=C2NC(=O)CS2)OC1(C)C. The molecule has 0 bridgehead atoms. The number of hydrogen-bond donors (Lipinski definition) is 2. The highest BCUT2D eigenvalue weighted by molar-refractivity contribution is 8.15. The second-order valence-corrected chi connectivity index (χ2v) is 5.59. The summed E-state index contributed by atoms with van der Waals surface area (Å²) in [5.74, 6) is -0.332. The number of primary amides is 1. The number of thioether (sulfide) groups is 1. The van der Waals surface area contributed by atoms with Crippen LogP contribution in [-0.4, -0.2) is 34.2 Å². The molecule has 2 aliphatic heterocycles. The van der Waals surface area contributed by atoms with E-state index in [2.05, 4.69) is 15.5 Å². The summed E-state index contributed by atoms with van der Waals surface area (Å²) in [6.45, 7) is 5.39. The zero-order valence-corrected chi connectivity index (χ0v) is 11.6. The minimum atomic E-state index is -0.643. The van der Waals surface area contributed by atoms with Crippen LogP contribution in [0.1, 0.15) is 20.8 Å². The molecule has 7 nitrogen and oxygen atoms in total. The number of rotatable bonds is 2. The summed E-state index contributed by atoms with van der Waals surface area (Å²) in [6, 6.07) is 0. The molecule has 2 rings (SSSR count). The van der Waals surface area contributed by atoms with Crippen molar-refractivity contribution in [3.8, 4) is 0 Å². The van der Waals surface area contributed by atoms with E-state index in [0.29, 0.717) is 16.5 Å². The Morgan fingerprint density at radius 2 is 2.16 bits per heavy atom. The van der Waals surface area contributed by atoms with Gasteiger partial charge in [-0.05, 0) is 26.3 Å². The number of amides is 2. The molecule has 19 heavy (non-hydrogen) atoms. The second-order valence-electron chi connectivity index (χ2n) is 4.62. The van der Waals surface area contributed by atoms with Gasteiger partial charge >= 0.3 is 0 Å². The standard InChI is InChI=1S/C11H14N4O3S/c1-5-7(8(12)17)9(18-11(5,2)3)14-15-10-13-6(16)4-19-10/h4H2,1-3H3,(H2,12,17)(H,13,15,16). The molecule has 2 amide bonds.